The van der Waals surface area contributed by atoms with Crippen LogP contribution in [0.25, 0.3) is 0 Å². The number of amides is 3. The highest BCUT2D eigenvalue weighted by atomic mass is 19.1. The Morgan fingerprint density at radius 3 is 2.53 bits per heavy atom. The van der Waals surface area contributed by atoms with Crippen LogP contribution < -0.4 is 10.6 Å². The van der Waals surface area contributed by atoms with Crippen molar-refractivity contribution in [2.24, 2.45) is 5.92 Å². The molecule has 3 amide bonds. The van der Waals surface area contributed by atoms with E-state index in [0.717, 1.165) is 6.42 Å². The molecular formula is C23H26FN3O3. The molecule has 1 aliphatic heterocycles. The van der Waals surface area contributed by atoms with Crippen molar-refractivity contribution in [1.29, 1.82) is 0 Å². The number of carbonyl (C=O) groups excluding carboxylic acids is 3. The first-order valence-corrected chi connectivity index (χ1v) is 10.1. The molecule has 30 heavy (non-hydrogen) atoms. The first kappa shape index (κ1) is 21.5. The largest absolute Gasteiger partial charge is 0.354 e. The zero-order chi connectivity index (χ0) is 21.7. The summed E-state index contributed by atoms with van der Waals surface area (Å²) in [5, 5.41) is 5.62. The molecule has 1 aliphatic rings. The number of carbonyl (C=O) groups is 3. The Kier molecular flexibility index (Phi) is 6.82. The second kappa shape index (κ2) is 9.52. The number of benzene rings is 2. The average molecular weight is 411 g/mol. The van der Waals surface area contributed by atoms with Gasteiger partial charge in [-0.2, -0.15) is 0 Å². The van der Waals surface area contributed by atoms with Crippen LogP contribution in [-0.2, 0) is 4.79 Å². The van der Waals surface area contributed by atoms with Crippen molar-refractivity contribution in [3.05, 3.63) is 65.5 Å². The number of rotatable bonds is 6. The Bertz CT molecular complexity index is 928. The molecule has 2 aromatic carbocycles. The molecule has 1 unspecified atom stereocenters. The molecule has 0 bridgehead atoms. The van der Waals surface area contributed by atoms with E-state index in [0.29, 0.717) is 42.2 Å². The zero-order valence-corrected chi connectivity index (χ0v) is 17.2. The van der Waals surface area contributed by atoms with Crippen LogP contribution in [0.15, 0.2) is 48.5 Å². The molecule has 1 atom stereocenters. The molecule has 158 valence electrons. The lowest BCUT2D eigenvalue weighted by molar-refractivity contribution is -0.125. The Morgan fingerprint density at radius 2 is 1.83 bits per heavy atom. The summed E-state index contributed by atoms with van der Waals surface area (Å²) in [4.78, 5) is 39.5. The van der Waals surface area contributed by atoms with Crippen LogP contribution in [0.2, 0.25) is 0 Å². The fourth-order valence-corrected chi connectivity index (χ4v) is 3.41. The molecular weight excluding hydrogens is 385 g/mol. The summed E-state index contributed by atoms with van der Waals surface area (Å²) in [6.07, 6.45) is 1.41. The molecule has 7 heteroatoms. The summed E-state index contributed by atoms with van der Waals surface area (Å²) in [6.45, 7) is 5.13. The van der Waals surface area contributed by atoms with Gasteiger partial charge in [-0.3, -0.25) is 14.4 Å². The summed E-state index contributed by atoms with van der Waals surface area (Å²) in [5.41, 5.74) is 1.17. The summed E-state index contributed by atoms with van der Waals surface area (Å²) in [7, 11) is 0. The van der Waals surface area contributed by atoms with Crippen LogP contribution in [0.5, 0.6) is 0 Å². The first-order valence-electron chi connectivity index (χ1n) is 10.1. The van der Waals surface area contributed by atoms with Crippen molar-refractivity contribution >= 4 is 23.4 Å². The highest BCUT2D eigenvalue weighted by Gasteiger charge is 2.34. The van der Waals surface area contributed by atoms with Crippen molar-refractivity contribution in [1.82, 2.24) is 10.2 Å². The lowest BCUT2D eigenvalue weighted by Crippen LogP contribution is -2.46. The van der Waals surface area contributed by atoms with Crippen molar-refractivity contribution in [2.45, 2.75) is 32.7 Å². The molecule has 6 nitrogen and oxygen atoms in total. The molecule has 3 rings (SSSR count). The lowest BCUT2D eigenvalue weighted by atomic mass is 10.1. The maximum absolute atomic E-state index is 13.0. The molecule has 2 aromatic rings. The monoisotopic (exact) mass is 411 g/mol. The topological polar surface area (TPSA) is 78.5 Å². The van der Waals surface area contributed by atoms with Gasteiger partial charge in [0.05, 0.1) is 0 Å². The number of hydrogen-bond donors (Lipinski definition) is 2. The quantitative estimate of drug-likeness (QED) is 0.764. The molecule has 1 fully saturated rings. The number of anilines is 1. The lowest BCUT2D eigenvalue weighted by Gasteiger charge is -2.24. The minimum Gasteiger partial charge on any atom is -0.354 e. The van der Waals surface area contributed by atoms with E-state index in [1.54, 1.807) is 29.2 Å². The smallest absolute Gasteiger partial charge is 0.255 e. The Balaban J connectivity index is 1.70. The maximum atomic E-state index is 13.0. The van der Waals surface area contributed by atoms with E-state index in [4.69, 9.17) is 0 Å². The van der Waals surface area contributed by atoms with Gasteiger partial charge in [-0.05, 0) is 61.2 Å². The van der Waals surface area contributed by atoms with Crippen molar-refractivity contribution < 1.29 is 18.8 Å². The van der Waals surface area contributed by atoms with Crippen LogP contribution in [0, 0.1) is 11.7 Å². The van der Waals surface area contributed by atoms with Crippen LogP contribution in [0.1, 0.15) is 47.4 Å². The van der Waals surface area contributed by atoms with E-state index in [1.807, 2.05) is 13.8 Å². The van der Waals surface area contributed by atoms with E-state index in [1.165, 1.54) is 24.3 Å². The second-order valence-electron chi connectivity index (χ2n) is 7.84. The highest BCUT2D eigenvalue weighted by molar-refractivity contribution is 6.05. The van der Waals surface area contributed by atoms with Crippen molar-refractivity contribution in [3.8, 4) is 0 Å². The van der Waals surface area contributed by atoms with Gasteiger partial charge < -0.3 is 15.5 Å². The van der Waals surface area contributed by atoms with Gasteiger partial charge in [0.1, 0.15) is 11.9 Å². The van der Waals surface area contributed by atoms with Gasteiger partial charge in [0.15, 0.2) is 0 Å². The van der Waals surface area contributed by atoms with E-state index in [-0.39, 0.29) is 11.8 Å². The first-order chi connectivity index (χ1) is 14.3. The van der Waals surface area contributed by atoms with Crippen LogP contribution in [0.4, 0.5) is 10.1 Å². The predicted octanol–water partition coefficient (Wildman–Crippen LogP) is 3.45. The Morgan fingerprint density at radius 1 is 1.10 bits per heavy atom. The maximum Gasteiger partial charge on any atom is 0.255 e. The molecule has 1 saturated heterocycles. The van der Waals surface area contributed by atoms with Gasteiger partial charge in [-0.15, -0.1) is 0 Å². The van der Waals surface area contributed by atoms with Crippen LogP contribution >= 0.6 is 0 Å². The van der Waals surface area contributed by atoms with Gasteiger partial charge in [-0.1, -0.05) is 19.9 Å². The zero-order valence-electron chi connectivity index (χ0n) is 17.2. The van der Waals surface area contributed by atoms with Gasteiger partial charge in [0, 0.05) is 29.9 Å². The highest BCUT2D eigenvalue weighted by Crippen LogP contribution is 2.22. The number of nitrogens with zero attached hydrogens (tertiary/aromatic N) is 1. The predicted molar refractivity (Wildman–Crippen MR) is 113 cm³/mol. The Hall–Kier alpha value is -3.22. The average Bonchev–Trinajstić information content (AvgIpc) is 3.22. The Labute approximate surface area is 175 Å². The normalized spacial score (nSPS) is 15.9. The minimum atomic E-state index is -0.478. The molecule has 1 heterocycles. The fraction of sp³-hybridized carbons (Fsp3) is 0.348. The molecule has 0 spiro atoms. The summed E-state index contributed by atoms with van der Waals surface area (Å²) in [5.74, 6) is -0.852. The van der Waals surface area contributed by atoms with Gasteiger partial charge in [-0.25, -0.2) is 4.39 Å². The van der Waals surface area contributed by atoms with Crippen LogP contribution in [-0.4, -0.2) is 41.8 Å². The third-order valence-electron chi connectivity index (χ3n) is 4.97. The molecule has 2 N–H and O–H groups in total. The molecule has 0 aromatic heterocycles. The van der Waals surface area contributed by atoms with E-state index >= 15 is 0 Å². The summed E-state index contributed by atoms with van der Waals surface area (Å²) < 4.78 is 13.0. The van der Waals surface area contributed by atoms with Gasteiger partial charge >= 0.3 is 0 Å². The minimum absolute atomic E-state index is 0.129. The van der Waals surface area contributed by atoms with E-state index < -0.39 is 17.8 Å². The summed E-state index contributed by atoms with van der Waals surface area (Å²) in [6, 6.07) is 11.3. The van der Waals surface area contributed by atoms with E-state index in [9.17, 15) is 18.8 Å². The standard InChI is InChI=1S/C23H26FN3O3/c1-15(2)14-25-22(29)20-7-4-12-27(20)23(30)17-5-3-6-19(13-17)26-21(28)16-8-10-18(24)11-9-16/h3,5-6,8-11,13,15,20H,4,7,12,14H2,1-2H3,(H,25,29)(H,26,28). The van der Waals surface area contributed by atoms with Gasteiger partial charge in [0.2, 0.25) is 5.91 Å². The number of nitrogens with one attached hydrogen (secondary N) is 2. The molecule has 0 saturated carbocycles. The fourth-order valence-electron chi connectivity index (χ4n) is 3.41. The number of likely N-dealkylation sites (tertiary alicyclic amines) is 1. The molecule has 0 aliphatic carbocycles. The number of halogens is 1. The third-order valence-corrected chi connectivity index (χ3v) is 4.97. The van der Waals surface area contributed by atoms with Crippen LogP contribution in [0.3, 0.4) is 0 Å². The molecule has 0 radical (unpaired) electrons. The third kappa shape index (κ3) is 5.23. The number of hydrogen-bond acceptors (Lipinski definition) is 3. The van der Waals surface area contributed by atoms with E-state index in [2.05, 4.69) is 10.6 Å². The van der Waals surface area contributed by atoms with Gasteiger partial charge in [0.25, 0.3) is 11.8 Å². The summed E-state index contributed by atoms with van der Waals surface area (Å²) >= 11 is 0. The second-order valence-corrected chi connectivity index (χ2v) is 7.84. The SMILES string of the molecule is CC(C)CNC(=O)C1CCCN1C(=O)c1cccc(NC(=O)c2ccc(F)cc2)c1. The van der Waals surface area contributed by atoms with Crippen molar-refractivity contribution in [3.63, 3.8) is 0 Å². The van der Waals surface area contributed by atoms with Crippen molar-refractivity contribution in [2.75, 3.05) is 18.4 Å².